The van der Waals surface area contributed by atoms with Crippen LogP contribution in [0.3, 0.4) is 0 Å². The van der Waals surface area contributed by atoms with E-state index in [1.807, 2.05) is 43.1 Å². The quantitative estimate of drug-likeness (QED) is 0.282. The van der Waals surface area contributed by atoms with Gasteiger partial charge in [0.2, 0.25) is 5.91 Å². The van der Waals surface area contributed by atoms with Gasteiger partial charge in [0.05, 0.1) is 18.8 Å². The van der Waals surface area contributed by atoms with Gasteiger partial charge < -0.3 is 15.1 Å². The van der Waals surface area contributed by atoms with Gasteiger partial charge in [-0.15, -0.1) is 0 Å². The van der Waals surface area contributed by atoms with E-state index in [1.54, 1.807) is 0 Å². The molecular formula is C21H36N4O3S. The number of carbonyl (C=O) groups is 1. The van der Waals surface area contributed by atoms with E-state index in [2.05, 4.69) is 29.5 Å². The Bertz CT molecular complexity index is 594. The molecule has 1 unspecified atom stereocenters. The van der Waals surface area contributed by atoms with Crippen LogP contribution in [0.5, 0.6) is 0 Å². The number of likely N-dealkylation sites (tertiary alicyclic amines) is 1. The van der Waals surface area contributed by atoms with Gasteiger partial charge in [-0.05, 0) is 62.5 Å². The largest absolute Gasteiger partial charge is 0.376 e. The van der Waals surface area contributed by atoms with E-state index in [9.17, 15) is 4.79 Å². The van der Waals surface area contributed by atoms with E-state index in [0.29, 0.717) is 12.5 Å². The van der Waals surface area contributed by atoms with E-state index in [4.69, 9.17) is 8.47 Å². The molecule has 1 aliphatic heterocycles. The number of benzene rings is 1. The molecule has 1 heterocycles. The number of hydrogen-bond acceptors (Lipinski definition) is 7. The summed E-state index contributed by atoms with van der Waals surface area (Å²) in [6.07, 6.45) is 3.48. The van der Waals surface area contributed by atoms with Crippen molar-refractivity contribution in [2.45, 2.75) is 46.1 Å². The van der Waals surface area contributed by atoms with Crippen LogP contribution in [0, 0.1) is 5.92 Å². The molecule has 8 heteroatoms. The van der Waals surface area contributed by atoms with Gasteiger partial charge in [0, 0.05) is 25.3 Å². The van der Waals surface area contributed by atoms with Crippen molar-refractivity contribution in [3.63, 3.8) is 0 Å². The highest BCUT2D eigenvalue weighted by atomic mass is 32.2. The SMILES string of the molecule is CCCOSONc1ccc(NCC(=O)N(C)C(CN2CCCC2)C(C)C)cc1. The van der Waals surface area contributed by atoms with Gasteiger partial charge in [-0.25, -0.2) is 0 Å². The van der Waals surface area contributed by atoms with Crippen molar-refractivity contribution < 1.29 is 13.3 Å². The second-order valence-corrected chi connectivity index (χ2v) is 8.37. The number of nitrogens with zero attached hydrogens (tertiary/aromatic N) is 2. The first-order chi connectivity index (χ1) is 14.0. The summed E-state index contributed by atoms with van der Waals surface area (Å²) in [6, 6.07) is 7.85. The number of anilines is 2. The Hall–Kier alpha value is -1.48. The van der Waals surface area contributed by atoms with Crippen LogP contribution in [-0.4, -0.2) is 61.6 Å². The molecule has 1 aromatic rings. The maximum absolute atomic E-state index is 12.7. The van der Waals surface area contributed by atoms with Crippen LogP contribution in [-0.2, 0) is 13.3 Å². The molecule has 1 saturated heterocycles. The lowest BCUT2D eigenvalue weighted by Gasteiger charge is -2.34. The predicted molar refractivity (Wildman–Crippen MR) is 121 cm³/mol. The van der Waals surface area contributed by atoms with Crippen LogP contribution in [0.1, 0.15) is 40.0 Å². The number of nitrogens with one attached hydrogen (secondary N) is 2. The van der Waals surface area contributed by atoms with E-state index in [0.717, 1.165) is 49.8 Å². The highest BCUT2D eigenvalue weighted by Crippen LogP contribution is 2.17. The lowest BCUT2D eigenvalue weighted by atomic mass is 10.0. The number of carbonyl (C=O) groups excluding carboxylic acids is 1. The molecule has 1 amide bonds. The lowest BCUT2D eigenvalue weighted by molar-refractivity contribution is -0.131. The number of hydrogen-bond donors (Lipinski definition) is 2. The number of likely N-dealkylation sites (N-methyl/N-ethyl adjacent to an activating group) is 1. The Kier molecular flexibility index (Phi) is 10.6. The fourth-order valence-corrected chi connectivity index (χ4v) is 3.77. The zero-order valence-electron chi connectivity index (χ0n) is 18.1. The minimum atomic E-state index is 0.109. The molecule has 1 aromatic carbocycles. The maximum Gasteiger partial charge on any atom is 0.241 e. The van der Waals surface area contributed by atoms with Gasteiger partial charge in [0.1, 0.15) is 0 Å². The van der Waals surface area contributed by atoms with Crippen LogP contribution in [0.15, 0.2) is 24.3 Å². The van der Waals surface area contributed by atoms with Gasteiger partial charge >= 0.3 is 0 Å². The average molecular weight is 425 g/mol. The fraction of sp³-hybridized carbons (Fsp3) is 0.667. The molecule has 1 aliphatic rings. The Morgan fingerprint density at radius 1 is 1.21 bits per heavy atom. The number of rotatable bonds is 13. The summed E-state index contributed by atoms with van der Waals surface area (Å²) in [5.41, 5.74) is 4.52. The van der Waals surface area contributed by atoms with Gasteiger partial charge in [0.25, 0.3) is 0 Å². The molecule has 0 saturated carbocycles. The van der Waals surface area contributed by atoms with Crippen molar-refractivity contribution in [2.75, 3.05) is 50.6 Å². The van der Waals surface area contributed by atoms with E-state index < -0.39 is 0 Å². The highest BCUT2D eigenvalue weighted by Gasteiger charge is 2.26. The molecular weight excluding hydrogens is 388 g/mol. The topological polar surface area (TPSA) is 66.1 Å². The first kappa shape index (κ1) is 23.8. The van der Waals surface area contributed by atoms with Crippen LogP contribution in [0.25, 0.3) is 0 Å². The highest BCUT2D eigenvalue weighted by molar-refractivity contribution is 7.89. The first-order valence-corrected chi connectivity index (χ1v) is 11.2. The van der Waals surface area contributed by atoms with E-state index >= 15 is 0 Å². The summed E-state index contributed by atoms with van der Waals surface area (Å²) < 4.78 is 10.3. The molecule has 1 fully saturated rings. The summed E-state index contributed by atoms with van der Waals surface area (Å²) in [7, 11) is 1.92. The third kappa shape index (κ3) is 8.42. The summed E-state index contributed by atoms with van der Waals surface area (Å²) in [5.74, 6) is 0.534. The van der Waals surface area contributed by atoms with Crippen molar-refractivity contribution in [3.8, 4) is 0 Å². The van der Waals surface area contributed by atoms with Gasteiger partial charge in [-0.2, -0.15) is 4.28 Å². The zero-order valence-corrected chi connectivity index (χ0v) is 19.0. The molecule has 2 N–H and O–H groups in total. The minimum absolute atomic E-state index is 0.109. The van der Waals surface area contributed by atoms with Crippen molar-refractivity contribution in [3.05, 3.63) is 24.3 Å². The Balaban J connectivity index is 1.76. The molecule has 0 aromatic heterocycles. The molecule has 29 heavy (non-hydrogen) atoms. The Morgan fingerprint density at radius 3 is 2.48 bits per heavy atom. The molecule has 0 bridgehead atoms. The van der Waals surface area contributed by atoms with Crippen LogP contribution in [0.4, 0.5) is 11.4 Å². The summed E-state index contributed by atoms with van der Waals surface area (Å²) >= 11 is 0.930. The maximum atomic E-state index is 12.7. The molecule has 164 valence electrons. The molecule has 0 radical (unpaired) electrons. The van der Waals surface area contributed by atoms with Gasteiger partial charge in [-0.1, -0.05) is 20.8 Å². The first-order valence-electron chi connectivity index (χ1n) is 10.5. The van der Waals surface area contributed by atoms with Crippen LogP contribution >= 0.6 is 12.3 Å². The van der Waals surface area contributed by atoms with Crippen molar-refractivity contribution in [1.82, 2.24) is 9.80 Å². The minimum Gasteiger partial charge on any atom is -0.376 e. The van der Waals surface area contributed by atoms with Gasteiger partial charge in [-0.3, -0.25) is 14.5 Å². The zero-order chi connectivity index (χ0) is 21.1. The molecule has 0 spiro atoms. The third-order valence-electron chi connectivity index (χ3n) is 5.16. The van der Waals surface area contributed by atoms with Crippen molar-refractivity contribution in [2.24, 2.45) is 5.92 Å². The second kappa shape index (κ2) is 13.0. The number of amides is 1. The molecule has 7 nitrogen and oxygen atoms in total. The normalized spacial score (nSPS) is 15.5. The smallest absolute Gasteiger partial charge is 0.241 e. The molecule has 0 aliphatic carbocycles. The van der Waals surface area contributed by atoms with Gasteiger partial charge in [0.15, 0.2) is 12.3 Å². The average Bonchev–Trinajstić information content (AvgIpc) is 3.23. The van der Waals surface area contributed by atoms with Crippen molar-refractivity contribution in [1.29, 1.82) is 0 Å². The third-order valence-corrected chi connectivity index (χ3v) is 5.58. The monoisotopic (exact) mass is 424 g/mol. The van der Waals surface area contributed by atoms with E-state index in [1.165, 1.54) is 12.8 Å². The molecule has 1 atom stereocenters. The standard InChI is InChI=1S/C21H36N4O3S/c1-5-14-27-29-28-23-19-10-8-18(9-11-19)22-15-21(26)24(4)20(17(2)3)16-25-12-6-7-13-25/h8-11,17,20,22-23H,5-7,12-16H2,1-4H3. The van der Waals surface area contributed by atoms with Crippen LogP contribution < -0.4 is 10.8 Å². The predicted octanol–water partition coefficient (Wildman–Crippen LogP) is 4.01. The van der Waals surface area contributed by atoms with Crippen LogP contribution in [0.2, 0.25) is 0 Å². The fourth-order valence-electron chi connectivity index (χ4n) is 3.36. The Labute approximate surface area is 179 Å². The summed E-state index contributed by atoms with van der Waals surface area (Å²) in [4.78, 5) is 17.1. The summed E-state index contributed by atoms with van der Waals surface area (Å²) in [6.45, 7) is 10.6. The Morgan fingerprint density at radius 2 is 1.86 bits per heavy atom. The lowest BCUT2D eigenvalue weighted by Crippen LogP contribution is -2.48. The second-order valence-electron chi connectivity index (χ2n) is 7.83. The molecule has 2 rings (SSSR count). The van der Waals surface area contributed by atoms with E-state index in [-0.39, 0.29) is 18.5 Å². The summed E-state index contributed by atoms with van der Waals surface area (Å²) in [5, 5.41) is 3.22. The van der Waals surface area contributed by atoms with Crippen molar-refractivity contribution >= 4 is 29.6 Å².